The Morgan fingerprint density at radius 3 is 2.76 bits per heavy atom. The first kappa shape index (κ1) is 13.4. The number of hydrogen-bond acceptors (Lipinski definition) is 1. The molecule has 2 aromatic carbocycles. The Bertz CT molecular complexity index is 679. The number of rotatable bonds is 1. The van der Waals surface area contributed by atoms with Crippen molar-refractivity contribution in [3.05, 3.63) is 69.7 Å². The molecule has 3 atom stereocenters. The zero-order chi connectivity index (χ0) is 14.4. The van der Waals surface area contributed by atoms with Crippen LogP contribution in [0, 0.1) is 12.8 Å². The highest BCUT2D eigenvalue weighted by atomic mass is 35.5. The minimum atomic E-state index is 0.484. The lowest BCUT2D eigenvalue weighted by Gasteiger charge is -2.31. The SMILES string of the molecule is Cc1ccccc1C1c2cc(Cl)ccc2C2NCCCC21. The number of nitrogens with one attached hydrogen (secondary N) is 1. The van der Waals surface area contributed by atoms with Gasteiger partial charge in [-0.05, 0) is 66.6 Å². The van der Waals surface area contributed by atoms with E-state index in [-0.39, 0.29) is 0 Å². The second kappa shape index (κ2) is 5.15. The zero-order valence-electron chi connectivity index (χ0n) is 12.3. The third-order valence-corrected chi connectivity index (χ3v) is 5.41. The smallest absolute Gasteiger partial charge is 0.0409 e. The van der Waals surface area contributed by atoms with E-state index in [0.29, 0.717) is 17.9 Å². The average molecular weight is 298 g/mol. The van der Waals surface area contributed by atoms with Gasteiger partial charge in [-0.3, -0.25) is 0 Å². The van der Waals surface area contributed by atoms with E-state index < -0.39 is 0 Å². The van der Waals surface area contributed by atoms with Gasteiger partial charge in [0.1, 0.15) is 0 Å². The summed E-state index contributed by atoms with van der Waals surface area (Å²) in [7, 11) is 0. The summed E-state index contributed by atoms with van der Waals surface area (Å²) in [4.78, 5) is 0. The maximum Gasteiger partial charge on any atom is 0.0409 e. The summed E-state index contributed by atoms with van der Waals surface area (Å²) in [5.41, 5.74) is 5.75. The highest BCUT2D eigenvalue weighted by molar-refractivity contribution is 6.30. The molecule has 1 heterocycles. The molecule has 1 N–H and O–H groups in total. The summed E-state index contributed by atoms with van der Waals surface area (Å²) in [5.74, 6) is 1.14. The lowest BCUT2D eigenvalue weighted by molar-refractivity contribution is 0.286. The maximum absolute atomic E-state index is 6.29. The van der Waals surface area contributed by atoms with E-state index in [0.717, 1.165) is 11.6 Å². The van der Waals surface area contributed by atoms with Crippen LogP contribution in [0.2, 0.25) is 5.02 Å². The molecule has 0 saturated carbocycles. The first-order valence-corrected chi connectivity index (χ1v) is 8.22. The lowest BCUT2D eigenvalue weighted by atomic mass is 9.79. The van der Waals surface area contributed by atoms with Gasteiger partial charge in [-0.15, -0.1) is 0 Å². The van der Waals surface area contributed by atoms with Crippen LogP contribution in [0.3, 0.4) is 0 Å². The predicted molar refractivity (Wildman–Crippen MR) is 87.9 cm³/mol. The van der Waals surface area contributed by atoms with Gasteiger partial charge in [0.05, 0.1) is 0 Å². The van der Waals surface area contributed by atoms with Crippen molar-refractivity contribution in [2.45, 2.75) is 31.7 Å². The van der Waals surface area contributed by atoms with E-state index in [2.05, 4.69) is 48.6 Å². The minimum Gasteiger partial charge on any atom is -0.310 e. The average Bonchev–Trinajstić information content (AvgIpc) is 2.81. The van der Waals surface area contributed by atoms with Gasteiger partial charge >= 0.3 is 0 Å². The monoisotopic (exact) mass is 297 g/mol. The summed E-state index contributed by atoms with van der Waals surface area (Å²) in [5, 5.41) is 4.59. The molecule has 1 saturated heterocycles. The molecule has 0 aromatic heterocycles. The van der Waals surface area contributed by atoms with E-state index in [1.54, 1.807) is 0 Å². The molecule has 0 radical (unpaired) electrons. The topological polar surface area (TPSA) is 12.0 Å². The normalized spacial score (nSPS) is 27.2. The fourth-order valence-electron chi connectivity index (χ4n) is 4.28. The Morgan fingerprint density at radius 2 is 1.90 bits per heavy atom. The van der Waals surface area contributed by atoms with Gasteiger partial charge in [0, 0.05) is 17.0 Å². The third-order valence-electron chi connectivity index (χ3n) is 5.18. The Kier molecular flexibility index (Phi) is 3.28. The van der Waals surface area contributed by atoms with Crippen LogP contribution < -0.4 is 5.32 Å². The Labute approximate surface area is 131 Å². The molecule has 1 nitrogen and oxygen atoms in total. The second-order valence-electron chi connectivity index (χ2n) is 6.35. The van der Waals surface area contributed by atoms with E-state index in [4.69, 9.17) is 11.6 Å². The van der Waals surface area contributed by atoms with Crippen LogP contribution >= 0.6 is 11.6 Å². The number of halogens is 1. The van der Waals surface area contributed by atoms with E-state index in [1.807, 2.05) is 6.07 Å². The number of aryl methyl sites for hydroxylation is 1. The van der Waals surface area contributed by atoms with Gasteiger partial charge in [-0.1, -0.05) is 41.9 Å². The van der Waals surface area contributed by atoms with Gasteiger partial charge in [-0.25, -0.2) is 0 Å². The number of hydrogen-bond donors (Lipinski definition) is 1. The van der Waals surface area contributed by atoms with Crippen molar-refractivity contribution in [3.63, 3.8) is 0 Å². The minimum absolute atomic E-state index is 0.484. The largest absolute Gasteiger partial charge is 0.310 e. The molecule has 2 heteroatoms. The van der Waals surface area contributed by atoms with Crippen molar-refractivity contribution < 1.29 is 0 Å². The first-order valence-electron chi connectivity index (χ1n) is 7.84. The molecule has 21 heavy (non-hydrogen) atoms. The third kappa shape index (κ3) is 2.11. The van der Waals surface area contributed by atoms with Crippen LogP contribution in [-0.4, -0.2) is 6.54 Å². The molecule has 108 valence electrons. The molecule has 0 amide bonds. The van der Waals surface area contributed by atoms with Crippen molar-refractivity contribution in [2.75, 3.05) is 6.54 Å². The van der Waals surface area contributed by atoms with Crippen molar-refractivity contribution in [1.29, 1.82) is 0 Å². The first-order chi connectivity index (χ1) is 10.3. The second-order valence-corrected chi connectivity index (χ2v) is 6.78. The van der Waals surface area contributed by atoms with Crippen LogP contribution in [0.4, 0.5) is 0 Å². The van der Waals surface area contributed by atoms with Crippen molar-refractivity contribution in [2.24, 2.45) is 5.92 Å². The van der Waals surface area contributed by atoms with Crippen LogP contribution in [0.15, 0.2) is 42.5 Å². The molecule has 1 aliphatic heterocycles. The molecular weight excluding hydrogens is 278 g/mol. The number of fused-ring (bicyclic) bond motifs is 3. The molecule has 1 aliphatic carbocycles. The molecule has 0 spiro atoms. The van der Waals surface area contributed by atoms with Crippen molar-refractivity contribution >= 4 is 11.6 Å². The van der Waals surface area contributed by atoms with Crippen LogP contribution in [0.5, 0.6) is 0 Å². The summed E-state index contributed by atoms with van der Waals surface area (Å²) < 4.78 is 0. The standard InChI is InChI=1S/C19H20ClN/c1-12-5-2-3-6-14(12)18-16-7-4-10-21-19(16)15-9-8-13(20)11-17(15)18/h2-3,5-6,8-9,11,16,18-19,21H,4,7,10H2,1H3. The fraction of sp³-hybridized carbons (Fsp3) is 0.368. The lowest BCUT2D eigenvalue weighted by Crippen LogP contribution is -2.33. The van der Waals surface area contributed by atoms with E-state index in [9.17, 15) is 0 Å². The zero-order valence-corrected chi connectivity index (χ0v) is 13.0. The highest BCUT2D eigenvalue weighted by Gasteiger charge is 2.42. The van der Waals surface area contributed by atoms with Crippen LogP contribution in [0.25, 0.3) is 0 Å². The van der Waals surface area contributed by atoms with Gasteiger partial charge < -0.3 is 5.32 Å². The van der Waals surface area contributed by atoms with Crippen molar-refractivity contribution in [1.82, 2.24) is 5.32 Å². The van der Waals surface area contributed by atoms with Crippen LogP contribution in [-0.2, 0) is 0 Å². The molecule has 0 bridgehead atoms. The Morgan fingerprint density at radius 1 is 1.05 bits per heavy atom. The number of benzene rings is 2. The quantitative estimate of drug-likeness (QED) is 0.794. The van der Waals surface area contributed by atoms with E-state index >= 15 is 0 Å². The fourth-order valence-corrected chi connectivity index (χ4v) is 4.46. The number of piperidine rings is 1. The summed E-state index contributed by atoms with van der Waals surface area (Å²) in [6.07, 6.45) is 2.56. The Balaban J connectivity index is 1.89. The van der Waals surface area contributed by atoms with Crippen molar-refractivity contribution in [3.8, 4) is 0 Å². The maximum atomic E-state index is 6.29. The molecule has 3 unspecified atom stereocenters. The predicted octanol–water partition coefficient (Wildman–Crippen LogP) is 4.83. The van der Waals surface area contributed by atoms with E-state index in [1.165, 1.54) is 35.1 Å². The Hall–Kier alpha value is -1.31. The highest BCUT2D eigenvalue weighted by Crippen LogP contribution is 2.52. The summed E-state index contributed by atoms with van der Waals surface area (Å²) in [6, 6.07) is 15.8. The van der Waals surface area contributed by atoms with Crippen LogP contribution in [0.1, 0.15) is 47.1 Å². The van der Waals surface area contributed by atoms with Gasteiger partial charge in [0.15, 0.2) is 0 Å². The molecule has 2 aromatic rings. The molecule has 2 aliphatic rings. The van der Waals surface area contributed by atoms with Gasteiger partial charge in [-0.2, -0.15) is 0 Å². The van der Waals surface area contributed by atoms with Gasteiger partial charge in [0.25, 0.3) is 0 Å². The molecule has 4 rings (SSSR count). The summed E-state index contributed by atoms with van der Waals surface area (Å²) in [6.45, 7) is 3.35. The molecular formula is C19H20ClN. The van der Waals surface area contributed by atoms with Gasteiger partial charge in [0.2, 0.25) is 0 Å². The summed E-state index contributed by atoms with van der Waals surface area (Å²) >= 11 is 6.29. The molecule has 1 fully saturated rings.